The fourth-order valence-corrected chi connectivity index (χ4v) is 5.40. The van der Waals surface area contributed by atoms with Crippen LogP contribution in [0.5, 0.6) is 11.5 Å². The van der Waals surface area contributed by atoms with E-state index in [1.807, 2.05) is 0 Å². The SMILES string of the molecule is COc1c(C(C)(C)C)cc(C(O)(c2cc(C(C)(C)C)c(OC)c(C(C)(C)C)c2)[C@@H](N)C(C)C)cc1C(C)(C)C. The summed E-state index contributed by atoms with van der Waals surface area (Å²) in [6, 6.07) is 7.92. The van der Waals surface area contributed by atoms with E-state index in [-0.39, 0.29) is 27.6 Å². The molecule has 0 radical (unpaired) electrons. The standard InChI is InChI=1S/C35H57NO3/c1-21(2)30(36)35(37,22-17-24(31(3,4)5)28(38-15)25(18-22)32(6,7)8)23-19-26(33(9,10)11)29(39-16)27(20-23)34(12,13)14/h17-21,30,37H,36H2,1-16H3/t30-/m0/s1. The number of ether oxygens (including phenoxy) is 2. The van der Waals surface area contributed by atoms with Crippen molar-refractivity contribution in [1.29, 1.82) is 0 Å². The van der Waals surface area contributed by atoms with Crippen LogP contribution in [-0.2, 0) is 27.3 Å². The molecule has 0 amide bonds. The van der Waals surface area contributed by atoms with E-state index in [1.54, 1.807) is 14.2 Å². The molecule has 0 saturated carbocycles. The van der Waals surface area contributed by atoms with Crippen molar-refractivity contribution >= 4 is 0 Å². The van der Waals surface area contributed by atoms with E-state index in [9.17, 15) is 5.11 Å². The molecular weight excluding hydrogens is 482 g/mol. The molecule has 2 aromatic carbocycles. The number of hydrogen-bond donors (Lipinski definition) is 2. The number of aliphatic hydroxyl groups is 1. The Kier molecular flexibility index (Phi) is 9.14. The first-order valence-corrected chi connectivity index (χ1v) is 14.4. The van der Waals surface area contributed by atoms with Gasteiger partial charge in [0.15, 0.2) is 0 Å². The van der Waals surface area contributed by atoms with E-state index < -0.39 is 11.6 Å². The fraction of sp³-hybridized carbons (Fsp3) is 0.657. The highest BCUT2D eigenvalue weighted by Crippen LogP contribution is 2.48. The van der Waals surface area contributed by atoms with Crippen molar-refractivity contribution in [2.75, 3.05) is 14.2 Å². The molecule has 0 saturated heterocycles. The maximum absolute atomic E-state index is 13.1. The zero-order chi connectivity index (χ0) is 30.5. The van der Waals surface area contributed by atoms with Crippen molar-refractivity contribution < 1.29 is 14.6 Å². The van der Waals surface area contributed by atoms with Gasteiger partial charge in [0.05, 0.1) is 14.2 Å². The Labute approximate surface area is 239 Å². The first-order chi connectivity index (χ1) is 17.4. The summed E-state index contributed by atoms with van der Waals surface area (Å²) in [6.45, 7) is 30.4. The van der Waals surface area contributed by atoms with E-state index in [0.717, 1.165) is 44.9 Å². The summed E-state index contributed by atoms with van der Waals surface area (Å²) in [5.74, 6) is 1.77. The Balaban J connectivity index is 3.23. The molecule has 0 aliphatic heterocycles. The zero-order valence-corrected chi connectivity index (χ0v) is 27.8. The molecule has 0 spiro atoms. The Morgan fingerprint density at radius 2 is 0.795 bits per heavy atom. The Hall–Kier alpha value is -2.04. The normalized spacial score (nSPS) is 14.5. The van der Waals surface area contributed by atoms with Gasteiger partial charge in [0.25, 0.3) is 0 Å². The topological polar surface area (TPSA) is 64.7 Å². The van der Waals surface area contributed by atoms with Gasteiger partial charge in [0.1, 0.15) is 17.1 Å². The summed E-state index contributed by atoms with van der Waals surface area (Å²) in [7, 11) is 3.47. The van der Waals surface area contributed by atoms with Gasteiger partial charge in [0, 0.05) is 28.3 Å². The lowest BCUT2D eigenvalue weighted by Gasteiger charge is -2.41. The minimum absolute atomic E-state index is 0.0200. The average molecular weight is 540 g/mol. The van der Waals surface area contributed by atoms with Crippen molar-refractivity contribution in [2.24, 2.45) is 11.7 Å². The molecule has 0 unspecified atom stereocenters. The maximum atomic E-state index is 13.1. The molecule has 2 aromatic rings. The van der Waals surface area contributed by atoms with Gasteiger partial charge in [-0.15, -0.1) is 0 Å². The second-order valence-electron chi connectivity index (χ2n) is 15.7. The smallest absolute Gasteiger partial charge is 0.130 e. The average Bonchev–Trinajstić information content (AvgIpc) is 2.78. The monoisotopic (exact) mass is 539 g/mol. The summed E-state index contributed by atoms with van der Waals surface area (Å²) in [4.78, 5) is 0. The van der Waals surface area contributed by atoms with Gasteiger partial charge in [0.2, 0.25) is 0 Å². The third kappa shape index (κ3) is 6.49. The second kappa shape index (κ2) is 10.7. The second-order valence-corrected chi connectivity index (χ2v) is 15.7. The van der Waals surface area contributed by atoms with Crippen LogP contribution >= 0.6 is 0 Å². The van der Waals surface area contributed by atoms with Gasteiger partial charge in [-0.05, 0) is 63.0 Å². The van der Waals surface area contributed by atoms with Gasteiger partial charge < -0.3 is 20.3 Å². The number of nitrogens with two attached hydrogens (primary N) is 1. The van der Waals surface area contributed by atoms with Crippen molar-refractivity contribution in [2.45, 2.75) is 130 Å². The molecule has 220 valence electrons. The molecule has 1 atom stereocenters. The number of hydrogen-bond acceptors (Lipinski definition) is 4. The van der Waals surface area contributed by atoms with Gasteiger partial charge in [-0.25, -0.2) is 0 Å². The first-order valence-electron chi connectivity index (χ1n) is 14.4. The van der Waals surface area contributed by atoms with Crippen LogP contribution in [0.15, 0.2) is 24.3 Å². The molecule has 0 aliphatic carbocycles. The van der Waals surface area contributed by atoms with E-state index in [1.165, 1.54) is 0 Å². The molecule has 3 N–H and O–H groups in total. The largest absolute Gasteiger partial charge is 0.496 e. The van der Waals surface area contributed by atoms with Crippen LogP contribution in [0.2, 0.25) is 0 Å². The van der Waals surface area contributed by atoms with E-state index in [4.69, 9.17) is 15.2 Å². The molecule has 0 aliphatic rings. The minimum atomic E-state index is -1.45. The van der Waals surface area contributed by atoms with Gasteiger partial charge in [-0.2, -0.15) is 0 Å². The summed E-state index contributed by atoms with van der Waals surface area (Å²) >= 11 is 0. The predicted molar refractivity (Wildman–Crippen MR) is 167 cm³/mol. The highest BCUT2D eigenvalue weighted by molar-refractivity contribution is 5.57. The van der Waals surface area contributed by atoms with Crippen molar-refractivity contribution in [3.63, 3.8) is 0 Å². The minimum Gasteiger partial charge on any atom is -0.496 e. The van der Waals surface area contributed by atoms with Gasteiger partial charge in [-0.3, -0.25) is 0 Å². The van der Waals surface area contributed by atoms with Crippen LogP contribution in [0.1, 0.15) is 130 Å². The quantitative estimate of drug-likeness (QED) is 0.389. The summed E-state index contributed by atoms with van der Waals surface area (Å²) in [5, 5.41) is 13.1. The molecule has 0 fully saturated rings. The zero-order valence-electron chi connectivity index (χ0n) is 27.8. The molecule has 0 bridgehead atoms. The molecule has 0 heterocycles. The highest BCUT2D eigenvalue weighted by Gasteiger charge is 2.44. The highest BCUT2D eigenvalue weighted by atomic mass is 16.5. The van der Waals surface area contributed by atoms with Crippen molar-refractivity contribution in [3.8, 4) is 11.5 Å². The lowest BCUT2D eigenvalue weighted by molar-refractivity contribution is 0.0347. The van der Waals surface area contributed by atoms with E-state index >= 15 is 0 Å². The number of rotatable bonds is 6. The summed E-state index contributed by atoms with van der Waals surface area (Å²) < 4.78 is 12.1. The Morgan fingerprint density at radius 3 is 0.949 bits per heavy atom. The summed E-state index contributed by atoms with van der Waals surface area (Å²) in [5.41, 5.74) is 10.6. The first kappa shape index (κ1) is 33.2. The lowest BCUT2D eigenvalue weighted by Crippen LogP contribution is -2.50. The fourth-order valence-electron chi connectivity index (χ4n) is 5.40. The van der Waals surface area contributed by atoms with Crippen molar-refractivity contribution in [1.82, 2.24) is 0 Å². The lowest BCUT2D eigenvalue weighted by atomic mass is 9.69. The molecule has 39 heavy (non-hydrogen) atoms. The molecular formula is C35H57NO3. The van der Waals surface area contributed by atoms with Crippen LogP contribution in [0.4, 0.5) is 0 Å². The maximum Gasteiger partial charge on any atom is 0.130 e. The van der Waals surface area contributed by atoms with Crippen molar-refractivity contribution in [3.05, 3.63) is 57.6 Å². The third-order valence-corrected chi connectivity index (χ3v) is 7.90. The number of benzene rings is 2. The summed E-state index contributed by atoms with van der Waals surface area (Å²) in [6.07, 6.45) is 0. The van der Waals surface area contributed by atoms with Gasteiger partial charge >= 0.3 is 0 Å². The molecule has 2 rings (SSSR count). The van der Waals surface area contributed by atoms with Crippen LogP contribution < -0.4 is 15.2 Å². The Bertz CT molecular complexity index is 1010. The van der Waals surface area contributed by atoms with E-state index in [0.29, 0.717) is 0 Å². The molecule has 4 nitrogen and oxygen atoms in total. The number of methoxy groups -OCH3 is 2. The van der Waals surface area contributed by atoms with E-state index in [2.05, 4.69) is 121 Å². The Morgan fingerprint density at radius 1 is 0.564 bits per heavy atom. The molecule has 0 aromatic heterocycles. The predicted octanol–water partition coefficient (Wildman–Crippen LogP) is 8.11. The van der Waals surface area contributed by atoms with Gasteiger partial charge in [-0.1, -0.05) is 96.9 Å². The molecule has 4 heteroatoms. The van der Waals surface area contributed by atoms with Crippen LogP contribution in [0.25, 0.3) is 0 Å². The van der Waals surface area contributed by atoms with Crippen LogP contribution in [0, 0.1) is 5.92 Å². The third-order valence-electron chi connectivity index (χ3n) is 7.90. The van der Waals surface area contributed by atoms with Crippen LogP contribution in [-0.4, -0.2) is 25.4 Å². The van der Waals surface area contributed by atoms with Crippen LogP contribution in [0.3, 0.4) is 0 Å².